The third-order valence-electron chi connectivity index (χ3n) is 5.71. The maximum Gasteiger partial charge on any atom is 0.253 e. The predicted molar refractivity (Wildman–Crippen MR) is 95.6 cm³/mol. The van der Waals surface area contributed by atoms with E-state index in [4.69, 9.17) is 4.74 Å². The van der Waals surface area contributed by atoms with Crippen LogP contribution in [0.2, 0.25) is 0 Å². The second-order valence-corrected chi connectivity index (χ2v) is 7.29. The normalized spacial score (nSPS) is 26.9. The second-order valence-electron chi connectivity index (χ2n) is 7.29. The fourth-order valence-corrected chi connectivity index (χ4v) is 4.35. The van der Waals surface area contributed by atoms with Crippen molar-refractivity contribution < 1.29 is 14.3 Å². The highest BCUT2D eigenvalue weighted by Crippen LogP contribution is 2.44. The number of anilines is 1. The van der Waals surface area contributed by atoms with Crippen molar-refractivity contribution in [2.45, 2.75) is 25.7 Å². The Labute approximate surface area is 148 Å². The molecule has 3 atom stereocenters. The van der Waals surface area contributed by atoms with Gasteiger partial charge in [0, 0.05) is 24.6 Å². The molecule has 1 N–H and O–H groups in total. The quantitative estimate of drug-likeness (QED) is 0.857. The van der Waals surface area contributed by atoms with E-state index < -0.39 is 0 Å². The molecule has 4 rings (SSSR count). The van der Waals surface area contributed by atoms with Crippen LogP contribution in [-0.2, 0) is 4.79 Å². The third-order valence-corrected chi connectivity index (χ3v) is 5.71. The lowest BCUT2D eigenvalue weighted by Crippen LogP contribution is -2.28. The minimum atomic E-state index is 0.0256. The maximum absolute atomic E-state index is 12.7. The number of rotatable bonds is 4. The number of nitrogens with zero attached hydrogens (tertiary/aromatic N) is 1. The monoisotopic (exact) mass is 340 g/mol. The van der Waals surface area contributed by atoms with E-state index in [9.17, 15) is 9.59 Å². The summed E-state index contributed by atoms with van der Waals surface area (Å²) in [5.74, 6) is 1.57. The fraction of sp³-hybridized carbons (Fsp3) is 0.500. The minimum absolute atomic E-state index is 0.0256. The van der Waals surface area contributed by atoms with Crippen LogP contribution in [0.1, 0.15) is 36.0 Å². The lowest BCUT2D eigenvalue weighted by atomic mass is 9.92. The van der Waals surface area contributed by atoms with Gasteiger partial charge < -0.3 is 15.0 Å². The average molecular weight is 340 g/mol. The largest absolute Gasteiger partial charge is 0.495 e. The molecule has 1 aromatic rings. The molecule has 3 aliphatic rings. The Hall–Kier alpha value is -2.30. The van der Waals surface area contributed by atoms with Crippen LogP contribution in [0.3, 0.4) is 0 Å². The van der Waals surface area contributed by atoms with Gasteiger partial charge in [0.25, 0.3) is 5.91 Å². The van der Waals surface area contributed by atoms with E-state index >= 15 is 0 Å². The van der Waals surface area contributed by atoms with Crippen LogP contribution in [0.25, 0.3) is 0 Å². The Bertz CT molecular complexity index is 722. The van der Waals surface area contributed by atoms with Gasteiger partial charge in [0.15, 0.2) is 0 Å². The van der Waals surface area contributed by atoms with Crippen LogP contribution in [0.4, 0.5) is 5.69 Å². The van der Waals surface area contributed by atoms with Crippen molar-refractivity contribution >= 4 is 17.5 Å². The maximum atomic E-state index is 12.7. The summed E-state index contributed by atoms with van der Waals surface area (Å²) >= 11 is 0. The van der Waals surface area contributed by atoms with E-state index in [0.29, 0.717) is 28.8 Å². The number of ether oxygens (including phenoxy) is 1. The van der Waals surface area contributed by atoms with E-state index in [1.807, 2.05) is 4.90 Å². The molecule has 5 nitrogen and oxygen atoms in total. The number of carbonyl (C=O) groups excluding carboxylic acids is 2. The molecule has 1 aliphatic heterocycles. The molecule has 2 aliphatic carbocycles. The van der Waals surface area contributed by atoms with Crippen LogP contribution < -0.4 is 10.1 Å². The van der Waals surface area contributed by atoms with Crippen molar-refractivity contribution in [1.29, 1.82) is 0 Å². The predicted octanol–water partition coefficient (Wildman–Crippen LogP) is 3.08. The van der Waals surface area contributed by atoms with Crippen LogP contribution in [0, 0.1) is 17.8 Å². The van der Waals surface area contributed by atoms with Crippen LogP contribution in [0.15, 0.2) is 30.4 Å². The fourth-order valence-electron chi connectivity index (χ4n) is 4.35. The summed E-state index contributed by atoms with van der Waals surface area (Å²) in [5, 5.41) is 3.01. The first-order valence-electron chi connectivity index (χ1n) is 9.12. The number of allylic oxidation sites excluding steroid dienone is 2. The van der Waals surface area contributed by atoms with E-state index in [-0.39, 0.29) is 17.7 Å². The summed E-state index contributed by atoms with van der Waals surface area (Å²) in [6.45, 7) is 1.62. The van der Waals surface area contributed by atoms with Crippen molar-refractivity contribution in [3.8, 4) is 5.75 Å². The first-order valence-corrected chi connectivity index (χ1v) is 9.12. The van der Waals surface area contributed by atoms with Crippen molar-refractivity contribution in [2.75, 3.05) is 25.5 Å². The van der Waals surface area contributed by atoms with Gasteiger partial charge in [-0.15, -0.1) is 0 Å². The summed E-state index contributed by atoms with van der Waals surface area (Å²) in [6.07, 6.45) is 8.52. The molecule has 2 amide bonds. The van der Waals surface area contributed by atoms with Gasteiger partial charge >= 0.3 is 0 Å². The van der Waals surface area contributed by atoms with Gasteiger partial charge in [-0.2, -0.15) is 0 Å². The van der Waals surface area contributed by atoms with E-state index in [1.54, 1.807) is 25.3 Å². The van der Waals surface area contributed by atoms with Crippen molar-refractivity contribution in [2.24, 2.45) is 17.8 Å². The Morgan fingerprint density at radius 3 is 2.60 bits per heavy atom. The smallest absolute Gasteiger partial charge is 0.253 e. The van der Waals surface area contributed by atoms with Crippen LogP contribution in [0.5, 0.6) is 5.75 Å². The molecular formula is C20H24N2O3. The molecule has 2 bridgehead atoms. The molecule has 0 aromatic heterocycles. The van der Waals surface area contributed by atoms with Crippen molar-refractivity contribution in [1.82, 2.24) is 4.90 Å². The van der Waals surface area contributed by atoms with Crippen LogP contribution >= 0.6 is 0 Å². The summed E-state index contributed by atoms with van der Waals surface area (Å²) in [6, 6.07) is 5.29. The topological polar surface area (TPSA) is 58.6 Å². The number of fused-ring (bicyclic) bond motifs is 2. The van der Waals surface area contributed by atoms with E-state index in [2.05, 4.69) is 17.5 Å². The third kappa shape index (κ3) is 3.03. The number of nitrogens with one attached hydrogen (secondary N) is 1. The Balaban J connectivity index is 1.53. The SMILES string of the molecule is COc1ccc(C(=O)N2CCCC2)cc1NC(=O)[C@@H]1C[C@H]2C=C[C@@H]1C2. The Kier molecular flexibility index (Phi) is 4.24. The summed E-state index contributed by atoms with van der Waals surface area (Å²) in [7, 11) is 1.58. The van der Waals surface area contributed by atoms with Gasteiger partial charge in [-0.3, -0.25) is 9.59 Å². The minimum Gasteiger partial charge on any atom is -0.495 e. The molecule has 1 heterocycles. The molecule has 0 unspecified atom stereocenters. The molecule has 0 radical (unpaired) electrons. The summed E-state index contributed by atoms with van der Waals surface area (Å²) in [5.41, 5.74) is 1.19. The summed E-state index contributed by atoms with van der Waals surface area (Å²) < 4.78 is 5.38. The van der Waals surface area contributed by atoms with Crippen molar-refractivity contribution in [3.05, 3.63) is 35.9 Å². The zero-order chi connectivity index (χ0) is 17.4. The van der Waals surface area contributed by atoms with Gasteiger partial charge in [-0.05, 0) is 55.7 Å². The molecule has 25 heavy (non-hydrogen) atoms. The molecular weight excluding hydrogens is 316 g/mol. The molecule has 132 valence electrons. The molecule has 2 fully saturated rings. The molecule has 0 spiro atoms. The first kappa shape index (κ1) is 16.2. The second kappa shape index (κ2) is 6.54. The van der Waals surface area contributed by atoms with Gasteiger partial charge in [-0.25, -0.2) is 0 Å². The number of hydrogen-bond donors (Lipinski definition) is 1. The molecule has 1 aromatic carbocycles. The zero-order valence-corrected chi connectivity index (χ0v) is 14.5. The van der Waals surface area contributed by atoms with Gasteiger partial charge in [0.1, 0.15) is 5.75 Å². The van der Waals surface area contributed by atoms with Gasteiger partial charge in [0.05, 0.1) is 12.8 Å². The molecule has 1 saturated carbocycles. The first-order chi connectivity index (χ1) is 12.2. The highest BCUT2D eigenvalue weighted by molar-refractivity contribution is 5.99. The lowest BCUT2D eigenvalue weighted by molar-refractivity contribution is -0.120. The van der Waals surface area contributed by atoms with Gasteiger partial charge in [0.2, 0.25) is 5.91 Å². The number of methoxy groups -OCH3 is 1. The standard InChI is InChI=1S/C20H24N2O3/c1-25-18-7-6-15(20(24)22-8-2-3-9-22)12-17(18)21-19(23)16-11-13-4-5-14(16)10-13/h4-7,12-14,16H,2-3,8-11H2,1H3,(H,21,23)/t13-,14+,16+/m0/s1. The van der Waals surface area contributed by atoms with E-state index in [1.165, 1.54) is 0 Å². The molecule has 5 heteroatoms. The van der Waals surface area contributed by atoms with Crippen molar-refractivity contribution in [3.63, 3.8) is 0 Å². The highest BCUT2D eigenvalue weighted by Gasteiger charge is 2.40. The Morgan fingerprint density at radius 2 is 1.96 bits per heavy atom. The Morgan fingerprint density at radius 1 is 1.16 bits per heavy atom. The highest BCUT2D eigenvalue weighted by atomic mass is 16.5. The van der Waals surface area contributed by atoms with E-state index in [0.717, 1.165) is 38.8 Å². The summed E-state index contributed by atoms with van der Waals surface area (Å²) in [4.78, 5) is 27.2. The number of benzene rings is 1. The number of hydrogen-bond acceptors (Lipinski definition) is 3. The number of likely N-dealkylation sites (tertiary alicyclic amines) is 1. The zero-order valence-electron chi connectivity index (χ0n) is 14.5. The molecule has 1 saturated heterocycles. The number of carbonyl (C=O) groups is 2. The average Bonchev–Trinajstić information content (AvgIpc) is 3.38. The number of amides is 2. The van der Waals surface area contributed by atoms with Gasteiger partial charge in [-0.1, -0.05) is 12.2 Å². The lowest BCUT2D eigenvalue weighted by Gasteiger charge is -2.20. The van der Waals surface area contributed by atoms with Crippen LogP contribution in [-0.4, -0.2) is 36.9 Å².